The monoisotopic (exact) mass is 406 g/mol. The van der Waals surface area contributed by atoms with Crippen LogP contribution in [0.5, 0.6) is 0 Å². The van der Waals surface area contributed by atoms with E-state index in [0.717, 1.165) is 12.3 Å². The number of amides is 1. The molecule has 0 saturated carbocycles. The van der Waals surface area contributed by atoms with Crippen molar-refractivity contribution in [1.29, 1.82) is 0 Å². The number of fused-ring (bicyclic) bond motifs is 1. The molecule has 152 valence electrons. The van der Waals surface area contributed by atoms with Gasteiger partial charge in [0.1, 0.15) is 17.3 Å². The van der Waals surface area contributed by atoms with Crippen molar-refractivity contribution in [1.82, 2.24) is 14.9 Å². The minimum Gasteiger partial charge on any atom is -0.355 e. The zero-order valence-corrected chi connectivity index (χ0v) is 15.3. The largest absolute Gasteiger partial charge is 0.417 e. The zero-order valence-electron chi connectivity index (χ0n) is 15.3. The summed E-state index contributed by atoms with van der Waals surface area (Å²) in [6, 6.07) is 8.27. The molecule has 0 atom stereocenters. The molecule has 5 nitrogen and oxygen atoms in total. The maximum Gasteiger partial charge on any atom is 0.417 e. The average molecular weight is 406 g/mol. The topological polar surface area (TPSA) is 52.2 Å². The third-order valence-corrected chi connectivity index (χ3v) is 5.00. The lowest BCUT2D eigenvalue weighted by atomic mass is 10.2. The lowest BCUT2D eigenvalue weighted by molar-refractivity contribution is -0.137. The molecule has 1 fully saturated rings. The normalized spacial score (nSPS) is 15.6. The number of nitrogens with one attached hydrogen (secondary N) is 1. The molecule has 1 N–H and O–H groups in total. The molecule has 4 rings (SSSR count). The van der Waals surface area contributed by atoms with Gasteiger partial charge in [0.2, 0.25) is 0 Å². The van der Waals surface area contributed by atoms with Crippen LogP contribution in [0.1, 0.15) is 22.5 Å². The smallest absolute Gasteiger partial charge is 0.355 e. The molecule has 1 saturated heterocycles. The second-order valence-electron chi connectivity index (χ2n) is 6.95. The maximum absolute atomic E-state index is 13.4. The molecular weight excluding hydrogens is 388 g/mol. The molecule has 9 heteroatoms. The summed E-state index contributed by atoms with van der Waals surface area (Å²) >= 11 is 0. The summed E-state index contributed by atoms with van der Waals surface area (Å²) in [5, 5.41) is 0.624. The van der Waals surface area contributed by atoms with Gasteiger partial charge in [0.05, 0.1) is 5.56 Å². The second kappa shape index (κ2) is 7.38. The predicted molar refractivity (Wildman–Crippen MR) is 100 cm³/mol. The number of benzene rings is 1. The lowest BCUT2D eigenvalue weighted by Crippen LogP contribution is -2.35. The van der Waals surface area contributed by atoms with Gasteiger partial charge >= 0.3 is 6.18 Å². The SMILES string of the molecule is O=C(c1cc2cc(F)ccc2[nH]1)N1CCCN(c2ccc(C(F)(F)F)cn2)CC1. The number of nitrogens with zero attached hydrogens (tertiary/aromatic N) is 3. The summed E-state index contributed by atoms with van der Waals surface area (Å²) < 4.78 is 51.5. The molecule has 29 heavy (non-hydrogen) atoms. The van der Waals surface area contributed by atoms with E-state index >= 15 is 0 Å². The number of carbonyl (C=O) groups excluding carboxylic acids is 1. The predicted octanol–water partition coefficient (Wildman–Crippen LogP) is 4.07. The van der Waals surface area contributed by atoms with Crippen molar-refractivity contribution in [3.63, 3.8) is 0 Å². The van der Waals surface area contributed by atoms with Gasteiger partial charge < -0.3 is 14.8 Å². The van der Waals surface area contributed by atoms with E-state index in [2.05, 4.69) is 9.97 Å². The first kappa shape index (κ1) is 19.2. The zero-order chi connectivity index (χ0) is 20.6. The number of anilines is 1. The van der Waals surface area contributed by atoms with E-state index in [1.54, 1.807) is 17.0 Å². The van der Waals surface area contributed by atoms with Crippen LogP contribution in [0.2, 0.25) is 0 Å². The van der Waals surface area contributed by atoms with Crippen LogP contribution in [0.4, 0.5) is 23.4 Å². The van der Waals surface area contributed by atoms with Gasteiger partial charge in [0, 0.05) is 43.3 Å². The molecular formula is C20H18F4N4O. The number of hydrogen-bond donors (Lipinski definition) is 1. The first-order valence-corrected chi connectivity index (χ1v) is 9.17. The summed E-state index contributed by atoms with van der Waals surface area (Å²) in [6.07, 6.45) is -2.94. The Balaban J connectivity index is 1.46. The third kappa shape index (κ3) is 4.03. The Morgan fingerprint density at radius 1 is 1.03 bits per heavy atom. The fraction of sp³-hybridized carbons (Fsp3) is 0.300. The second-order valence-corrected chi connectivity index (χ2v) is 6.95. The number of alkyl halides is 3. The number of H-pyrrole nitrogens is 1. The fourth-order valence-corrected chi connectivity index (χ4v) is 3.48. The Morgan fingerprint density at radius 2 is 1.86 bits per heavy atom. The number of aromatic nitrogens is 2. The Kier molecular flexibility index (Phi) is 4.89. The molecule has 1 amide bonds. The van der Waals surface area contributed by atoms with Gasteiger partial charge in [-0.05, 0) is 42.8 Å². The van der Waals surface area contributed by atoms with E-state index in [1.807, 2.05) is 4.90 Å². The molecule has 3 aromatic rings. The maximum atomic E-state index is 13.4. The van der Waals surface area contributed by atoms with Crippen molar-refractivity contribution in [3.8, 4) is 0 Å². The number of carbonyl (C=O) groups is 1. The van der Waals surface area contributed by atoms with Gasteiger partial charge in [-0.25, -0.2) is 9.37 Å². The van der Waals surface area contributed by atoms with E-state index in [1.165, 1.54) is 18.2 Å². The first-order valence-electron chi connectivity index (χ1n) is 9.17. The lowest BCUT2D eigenvalue weighted by Gasteiger charge is -2.23. The van der Waals surface area contributed by atoms with Crippen molar-refractivity contribution in [2.45, 2.75) is 12.6 Å². The fourth-order valence-electron chi connectivity index (χ4n) is 3.48. The molecule has 0 unspecified atom stereocenters. The average Bonchev–Trinajstić information content (AvgIpc) is 2.95. The number of halogens is 4. The molecule has 1 aliphatic rings. The van der Waals surface area contributed by atoms with Gasteiger partial charge in [-0.15, -0.1) is 0 Å². The van der Waals surface area contributed by atoms with Crippen molar-refractivity contribution in [2.75, 3.05) is 31.1 Å². The van der Waals surface area contributed by atoms with Gasteiger partial charge in [-0.2, -0.15) is 13.2 Å². The quantitative estimate of drug-likeness (QED) is 0.653. The van der Waals surface area contributed by atoms with E-state index in [9.17, 15) is 22.4 Å². The van der Waals surface area contributed by atoms with Gasteiger partial charge in [-0.1, -0.05) is 0 Å². The van der Waals surface area contributed by atoms with Crippen LogP contribution in [0.3, 0.4) is 0 Å². The standard InChI is InChI=1S/C20H18F4N4O/c21-15-3-4-16-13(10-15)11-17(26-16)19(29)28-7-1-6-27(8-9-28)18-5-2-14(12-25-18)20(22,23)24/h2-5,10-12,26H,1,6-9H2. The molecule has 2 aromatic heterocycles. The summed E-state index contributed by atoms with van der Waals surface area (Å²) in [6.45, 7) is 1.96. The minimum absolute atomic E-state index is 0.191. The molecule has 3 heterocycles. The van der Waals surface area contributed by atoms with Crippen LogP contribution in [-0.4, -0.2) is 47.0 Å². The Bertz CT molecular complexity index is 1030. The highest BCUT2D eigenvalue weighted by atomic mass is 19.4. The molecule has 0 radical (unpaired) electrons. The van der Waals surface area contributed by atoms with Crippen LogP contribution >= 0.6 is 0 Å². The molecule has 0 spiro atoms. The number of aromatic amines is 1. The molecule has 0 aliphatic carbocycles. The Labute approximate surface area is 163 Å². The van der Waals surface area contributed by atoms with Crippen molar-refractivity contribution < 1.29 is 22.4 Å². The van der Waals surface area contributed by atoms with E-state index < -0.39 is 11.7 Å². The molecule has 1 aromatic carbocycles. The molecule has 0 bridgehead atoms. The Morgan fingerprint density at radius 3 is 2.59 bits per heavy atom. The summed E-state index contributed by atoms with van der Waals surface area (Å²) in [4.78, 5) is 23.4. The first-order chi connectivity index (χ1) is 13.8. The Hall–Kier alpha value is -3.10. The number of rotatable bonds is 2. The van der Waals surface area contributed by atoms with Crippen LogP contribution in [0.25, 0.3) is 10.9 Å². The van der Waals surface area contributed by atoms with E-state index in [0.29, 0.717) is 55.0 Å². The number of hydrogen-bond acceptors (Lipinski definition) is 3. The highest BCUT2D eigenvalue weighted by Crippen LogP contribution is 2.29. The van der Waals surface area contributed by atoms with Gasteiger partial charge in [-0.3, -0.25) is 4.79 Å². The van der Waals surface area contributed by atoms with Gasteiger partial charge in [0.15, 0.2) is 0 Å². The van der Waals surface area contributed by atoms with Crippen LogP contribution in [0, 0.1) is 5.82 Å². The van der Waals surface area contributed by atoms with Gasteiger partial charge in [0.25, 0.3) is 5.91 Å². The van der Waals surface area contributed by atoms with Crippen LogP contribution in [0.15, 0.2) is 42.6 Å². The third-order valence-electron chi connectivity index (χ3n) is 5.00. The summed E-state index contributed by atoms with van der Waals surface area (Å²) in [7, 11) is 0. The van der Waals surface area contributed by atoms with Crippen LogP contribution in [-0.2, 0) is 6.18 Å². The van der Waals surface area contributed by atoms with E-state index in [-0.39, 0.29) is 11.7 Å². The molecule has 1 aliphatic heterocycles. The minimum atomic E-state index is -4.42. The summed E-state index contributed by atoms with van der Waals surface area (Å²) in [5.74, 6) is -0.109. The highest BCUT2D eigenvalue weighted by molar-refractivity contribution is 5.98. The van der Waals surface area contributed by atoms with Crippen molar-refractivity contribution in [3.05, 3.63) is 59.7 Å². The summed E-state index contributed by atoms with van der Waals surface area (Å²) in [5.41, 5.74) is 0.273. The van der Waals surface area contributed by atoms with Crippen molar-refractivity contribution in [2.24, 2.45) is 0 Å². The number of pyridine rings is 1. The van der Waals surface area contributed by atoms with Crippen molar-refractivity contribution >= 4 is 22.6 Å². The van der Waals surface area contributed by atoms with Crippen LogP contribution < -0.4 is 4.90 Å². The highest BCUT2D eigenvalue weighted by Gasteiger charge is 2.31. The van der Waals surface area contributed by atoms with E-state index in [4.69, 9.17) is 0 Å².